The van der Waals surface area contributed by atoms with Gasteiger partial charge in [0.2, 0.25) is 0 Å². The zero-order chi connectivity index (χ0) is 12.3. The van der Waals surface area contributed by atoms with Gasteiger partial charge in [-0.3, -0.25) is 4.79 Å². The Morgan fingerprint density at radius 3 is 3.06 bits per heavy atom. The number of nitrogens with zero attached hydrogens (tertiary/aromatic N) is 2. The summed E-state index contributed by atoms with van der Waals surface area (Å²) in [6, 6.07) is 0.123. The maximum absolute atomic E-state index is 12.0. The Kier molecular flexibility index (Phi) is 3.78. The third kappa shape index (κ3) is 2.85. The van der Waals surface area contributed by atoms with Crippen LogP contribution in [0.1, 0.15) is 32.7 Å². The Morgan fingerprint density at radius 1 is 1.59 bits per heavy atom. The molecule has 0 bridgehead atoms. The third-order valence-corrected chi connectivity index (χ3v) is 2.92. The van der Waals surface area contributed by atoms with Gasteiger partial charge in [0.25, 0.3) is 5.88 Å². The van der Waals surface area contributed by atoms with Crippen LogP contribution in [0.3, 0.4) is 0 Å². The van der Waals surface area contributed by atoms with Gasteiger partial charge in [-0.05, 0) is 33.2 Å². The van der Waals surface area contributed by atoms with Crippen molar-refractivity contribution in [2.45, 2.75) is 38.8 Å². The van der Waals surface area contributed by atoms with Crippen LogP contribution in [0, 0.1) is 0 Å². The molecule has 2 heterocycles. The Labute approximate surface area is 101 Å². The Hall–Kier alpha value is -1.36. The second kappa shape index (κ2) is 5.31. The van der Waals surface area contributed by atoms with Crippen molar-refractivity contribution in [1.82, 2.24) is 14.9 Å². The number of piperidine rings is 1. The molecule has 1 aliphatic rings. The number of hydrogen-bond acceptors (Lipinski definition) is 4. The first-order valence-corrected chi connectivity index (χ1v) is 6.13. The summed E-state index contributed by atoms with van der Waals surface area (Å²) in [4.78, 5) is 16.1. The molecule has 1 fully saturated rings. The van der Waals surface area contributed by atoms with E-state index in [9.17, 15) is 4.79 Å². The summed E-state index contributed by atoms with van der Waals surface area (Å²) < 4.78 is 7.31. The highest BCUT2D eigenvalue weighted by Gasteiger charge is 2.17. The highest BCUT2D eigenvalue weighted by molar-refractivity contribution is 5.06. The van der Waals surface area contributed by atoms with E-state index in [0.717, 1.165) is 25.9 Å². The summed E-state index contributed by atoms with van der Waals surface area (Å²) >= 11 is 0. The summed E-state index contributed by atoms with van der Waals surface area (Å²) in [5.41, 5.74) is -0.145. The number of hydrogen-bond donors (Lipinski definition) is 1. The predicted octanol–water partition coefficient (Wildman–Crippen LogP) is 0.955. The fraction of sp³-hybridized carbons (Fsp3) is 0.667. The van der Waals surface area contributed by atoms with E-state index in [1.807, 2.05) is 13.8 Å². The summed E-state index contributed by atoms with van der Waals surface area (Å²) in [7, 11) is 0. The van der Waals surface area contributed by atoms with Crippen molar-refractivity contribution in [2.75, 3.05) is 13.1 Å². The molecule has 5 nitrogen and oxygen atoms in total. The highest BCUT2D eigenvalue weighted by atomic mass is 16.5. The van der Waals surface area contributed by atoms with Crippen molar-refractivity contribution in [3.05, 3.63) is 22.7 Å². The monoisotopic (exact) mass is 237 g/mol. The molecule has 1 N–H and O–H groups in total. The van der Waals surface area contributed by atoms with Crippen LogP contribution in [0.25, 0.3) is 0 Å². The van der Waals surface area contributed by atoms with Crippen molar-refractivity contribution in [2.24, 2.45) is 0 Å². The molecule has 0 radical (unpaired) electrons. The minimum atomic E-state index is -0.145. The third-order valence-electron chi connectivity index (χ3n) is 2.92. The van der Waals surface area contributed by atoms with E-state index < -0.39 is 0 Å². The minimum Gasteiger partial charge on any atom is -0.469 e. The van der Waals surface area contributed by atoms with Crippen LogP contribution in [0.2, 0.25) is 0 Å². The second-order valence-electron chi connectivity index (χ2n) is 4.62. The molecule has 1 aromatic rings. The minimum absolute atomic E-state index is 0.0620. The molecule has 5 heteroatoms. The number of ether oxygens (including phenoxy) is 1. The normalized spacial score (nSPS) is 20.5. The fourth-order valence-electron chi connectivity index (χ4n) is 1.97. The lowest BCUT2D eigenvalue weighted by Crippen LogP contribution is -2.39. The topological polar surface area (TPSA) is 56.1 Å². The summed E-state index contributed by atoms with van der Waals surface area (Å²) in [6.07, 6.45) is 5.43. The maximum Gasteiger partial charge on any atom is 0.313 e. The predicted molar refractivity (Wildman–Crippen MR) is 65.4 cm³/mol. The average Bonchev–Trinajstić information content (AvgIpc) is 2.33. The van der Waals surface area contributed by atoms with Gasteiger partial charge in [-0.15, -0.1) is 0 Å². The molecule has 0 amide bonds. The van der Waals surface area contributed by atoms with Gasteiger partial charge in [0.15, 0.2) is 0 Å². The molecule has 0 aliphatic carbocycles. The Bertz CT molecular complexity index is 422. The first kappa shape index (κ1) is 12.1. The summed E-state index contributed by atoms with van der Waals surface area (Å²) in [6.45, 7) is 5.75. The fourth-order valence-corrected chi connectivity index (χ4v) is 1.97. The van der Waals surface area contributed by atoms with E-state index in [4.69, 9.17) is 4.74 Å². The van der Waals surface area contributed by atoms with E-state index in [-0.39, 0.29) is 23.6 Å². The van der Waals surface area contributed by atoms with Gasteiger partial charge < -0.3 is 14.6 Å². The van der Waals surface area contributed by atoms with E-state index >= 15 is 0 Å². The molecule has 1 atom stereocenters. The second-order valence-corrected chi connectivity index (χ2v) is 4.62. The van der Waals surface area contributed by atoms with Crippen LogP contribution >= 0.6 is 0 Å². The van der Waals surface area contributed by atoms with Crippen molar-refractivity contribution in [1.29, 1.82) is 0 Å². The van der Waals surface area contributed by atoms with Gasteiger partial charge in [-0.1, -0.05) is 0 Å². The SMILES string of the molecule is CC(C)n1ccnc(OC2CCCNC2)c1=O. The molecule has 1 unspecified atom stereocenters. The number of rotatable bonds is 3. The van der Waals surface area contributed by atoms with Crippen LogP contribution < -0.4 is 15.6 Å². The first-order chi connectivity index (χ1) is 8.18. The van der Waals surface area contributed by atoms with Gasteiger partial charge in [-0.25, -0.2) is 4.98 Å². The van der Waals surface area contributed by atoms with Crippen LogP contribution in [0.15, 0.2) is 17.2 Å². The van der Waals surface area contributed by atoms with Crippen LogP contribution in [-0.2, 0) is 0 Å². The number of aromatic nitrogens is 2. The highest BCUT2D eigenvalue weighted by Crippen LogP contribution is 2.10. The molecular formula is C12H19N3O2. The van der Waals surface area contributed by atoms with Gasteiger partial charge >= 0.3 is 5.56 Å². The van der Waals surface area contributed by atoms with Crippen molar-refractivity contribution in [3.63, 3.8) is 0 Å². The molecule has 1 aromatic heterocycles. The van der Waals surface area contributed by atoms with Crippen LogP contribution in [0.5, 0.6) is 5.88 Å². The number of nitrogens with one attached hydrogen (secondary N) is 1. The lowest BCUT2D eigenvalue weighted by molar-refractivity contribution is 0.156. The van der Waals surface area contributed by atoms with Crippen molar-refractivity contribution >= 4 is 0 Å². The molecule has 0 saturated carbocycles. The summed E-state index contributed by atoms with van der Waals surface area (Å²) in [5, 5.41) is 3.25. The van der Waals surface area contributed by atoms with Gasteiger partial charge in [0.05, 0.1) is 0 Å². The van der Waals surface area contributed by atoms with E-state index in [2.05, 4.69) is 10.3 Å². The van der Waals surface area contributed by atoms with Gasteiger partial charge in [0, 0.05) is 25.0 Å². The van der Waals surface area contributed by atoms with Crippen molar-refractivity contribution in [3.8, 4) is 5.88 Å². The standard InChI is InChI=1S/C12H19N3O2/c1-9(2)15-7-6-14-11(12(15)16)17-10-4-3-5-13-8-10/h6-7,9-10,13H,3-5,8H2,1-2H3. The molecule has 0 aromatic carbocycles. The zero-order valence-corrected chi connectivity index (χ0v) is 10.3. The molecular weight excluding hydrogens is 218 g/mol. The lowest BCUT2D eigenvalue weighted by atomic mass is 10.1. The van der Waals surface area contributed by atoms with E-state index in [1.54, 1.807) is 17.0 Å². The Morgan fingerprint density at radius 2 is 2.41 bits per heavy atom. The van der Waals surface area contributed by atoms with E-state index in [0.29, 0.717) is 0 Å². The van der Waals surface area contributed by atoms with Crippen molar-refractivity contribution < 1.29 is 4.74 Å². The quantitative estimate of drug-likeness (QED) is 0.850. The average molecular weight is 237 g/mol. The Balaban J connectivity index is 2.15. The largest absolute Gasteiger partial charge is 0.469 e. The molecule has 1 aliphatic heterocycles. The zero-order valence-electron chi connectivity index (χ0n) is 10.3. The molecule has 1 saturated heterocycles. The molecule has 17 heavy (non-hydrogen) atoms. The first-order valence-electron chi connectivity index (χ1n) is 6.13. The smallest absolute Gasteiger partial charge is 0.313 e. The maximum atomic E-state index is 12.0. The van der Waals surface area contributed by atoms with E-state index in [1.165, 1.54) is 0 Å². The summed E-state index contributed by atoms with van der Waals surface area (Å²) in [5.74, 6) is 0.218. The molecule has 2 rings (SSSR count). The van der Waals surface area contributed by atoms with Crippen LogP contribution in [-0.4, -0.2) is 28.7 Å². The van der Waals surface area contributed by atoms with Gasteiger partial charge in [0.1, 0.15) is 6.10 Å². The van der Waals surface area contributed by atoms with Gasteiger partial charge in [-0.2, -0.15) is 0 Å². The molecule has 94 valence electrons. The van der Waals surface area contributed by atoms with Crippen LogP contribution in [0.4, 0.5) is 0 Å². The molecule has 0 spiro atoms. The lowest BCUT2D eigenvalue weighted by Gasteiger charge is -2.23.